The van der Waals surface area contributed by atoms with Crippen LogP contribution in [0.1, 0.15) is 19.3 Å². The molecule has 1 saturated carbocycles. The Bertz CT molecular complexity index is 336. The molecule has 2 N–H and O–H groups in total. The first-order valence-electron chi connectivity index (χ1n) is 6.92. The number of methoxy groups -OCH3 is 1. The van der Waals surface area contributed by atoms with Crippen molar-refractivity contribution in [3.8, 4) is 0 Å². The van der Waals surface area contributed by atoms with Gasteiger partial charge in [0.05, 0.1) is 0 Å². The summed E-state index contributed by atoms with van der Waals surface area (Å²) >= 11 is 0. The smallest absolute Gasteiger partial charge is 0.248 e. The van der Waals surface area contributed by atoms with Gasteiger partial charge in [0.1, 0.15) is 6.61 Å². The predicted octanol–water partition coefficient (Wildman–Crippen LogP) is -0.569. The average Bonchev–Trinajstić information content (AvgIpc) is 3.23. The Morgan fingerprint density at radius 1 is 1.16 bits per heavy atom. The molecule has 0 radical (unpaired) electrons. The number of ether oxygens (including phenoxy) is 1. The van der Waals surface area contributed by atoms with E-state index in [1.54, 1.807) is 4.90 Å². The maximum Gasteiger partial charge on any atom is 0.248 e. The molecule has 1 atom stereocenters. The van der Waals surface area contributed by atoms with Gasteiger partial charge in [0.25, 0.3) is 0 Å². The standard InChI is InChI=1S/C13H23N3O3/c1-19-9-13(18)16-6-4-15(5-7-16)12(17)8-11(14)10-2-3-10/h10-11H,2-9,14H2,1H3. The van der Waals surface area contributed by atoms with Crippen molar-refractivity contribution in [2.24, 2.45) is 11.7 Å². The van der Waals surface area contributed by atoms with Crippen molar-refractivity contribution in [1.29, 1.82) is 0 Å². The van der Waals surface area contributed by atoms with Crippen LogP contribution in [0.15, 0.2) is 0 Å². The molecule has 1 unspecified atom stereocenters. The Hall–Kier alpha value is -1.14. The molecular weight excluding hydrogens is 246 g/mol. The number of carbonyl (C=O) groups is 2. The lowest BCUT2D eigenvalue weighted by Gasteiger charge is -2.35. The van der Waals surface area contributed by atoms with Crippen LogP contribution in [0.5, 0.6) is 0 Å². The summed E-state index contributed by atoms with van der Waals surface area (Å²) in [5, 5.41) is 0. The van der Waals surface area contributed by atoms with Crippen molar-refractivity contribution in [2.45, 2.75) is 25.3 Å². The Kier molecular flexibility index (Phi) is 4.76. The van der Waals surface area contributed by atoms with Crippen LogP contribution in [0.2, 0.25) is 0 Å². The first kappa shape index (κ1) is 14.3. The first-order valence-corrected chi connectivity index (χ1v) is 6.92. The highest BCUT2D eigenvalue weighted by Gasteiger charge is 2.32. The van der Waals surface area contributed by atoms with E-state index in [-0.39, 0.29) is 24.5 Å². The van der Waals surface area contributed by atoms with Gasteiger partial charge in [-0.1, -0.05) is 0 Å². The zero-order chi connectivity index (χ0) is 13.8. The van der Waals surface area contributed by atoms with Gasteiger partial charge in [0.2, 0.25) is 11.8 Å². The number of amides is 2. The van der Waals surface area contributed by atoms with Crippen LogP contribution in [0.25, 0.3) is 0 Å². The third kappa shape index (κ3) is 3.91. The fourth-order valence-electron chi connectivity index (χ4n) is 2.44. The molecular formula is C13H23N3O3. The van der Waals surface area contributed by atoms with Crippen LogP contribution >= 0.6 is 0 Å². The van der Waals surface area contributed by atoms with Crippen molar-refractivity contribution in [2.75, 3.05) is 39.9 Å². The topological polar surface area (TPSA) is 75.9 Å². The zero-order valence-corrected chi connectivity index (χ0v) is 11.5. The summed E-state index contributed by atoms with van der Waals surface area (Å²) in [7, 11) is 1.51. The number of nitrogens with zero attached hydrogens (tertiary/aromatic N) is 2. The Balaban J connectivity index is 1.72. The van der Waals surface area contributed by atoms with E-state index in [1.807, 2.05) is 4.90 Å². The Morgan fingerprint density at radius 3 is 2.16 bits per heavy atom. The Labute approximate surface area is 113 Å². The number of nitrogens with two attached hydrogens (primary N) is 1. The van der Waals surface area contributed by atoms with E-state index in [4.69, 9.17) is 10.5 Å². The molecule has 1 aliphatic carbocycles. The molecule has 0 aromatic carbocycles. The summed E-state index contributed by atoms with van der Waals surface area (Å²) < 4.78 is 4.83. The van der Waals surface area contributed by atoms with Crippen molar-refractivity contribution in [3.05, 3.63) is 0 Å². The first-order chi connectivity index (χ1) is 9.11. The molecule has 1 aliphatic heterocycles. The van der Waals surface area contributed by atoms with Crippen LogP contribution in [-0.4, -0.2) is 67.6 Å². The van der Waals surface area contributed by atoms with E-state index >= 15 is 0 Å². The van der Waals surface area contributed by atoms with Gasteiger partial charge in [-0.2, -0.15) is 0 Å². The van der Waals surface area contributed by atoms with Crippen molar-refractivity contribution in [3.63, 3.8) is 0 Å². The van der Waals surface area contributed by atoms with Crippen LogP contribution < -0.4 is 5.73 Å². The SMILES string of the molecule is COCC(=O)N1CCN(C(=O)CC(N)C2CC2)CC1. The molecule has 0 spiro atoms. The van der Waals surface area contributed by atoms with Crippen molar-refractivity contribution < 1.29 is 14.3 Å². The molecule has 1 saturated heterocycles. The second kappa shape index (κ2) is 6.34. The fourth-order valence-corrected chi connectivity index (χ4v) is 2.44. The highest BCUT2D eigenvalue weighted by atomic mass is 16.5. The van der Waals surface area contributed by atoms with Gasteiger partial charge in [0.15, 0.2) is 0 Å². The summed E-state index contributed by atoms with van der Waals surface area (Å²) in [5.74, 6) is 0.663. The summed E-state index contributed by atoms with van der Waals surface area (Å²) in [4.78, 5) is 27.3. The fraction of sp³-hybridized carbons (Fsp3) is 0.846. The molecule has 1 heterocycles. The highest BCUT2D eigenvalue weighted by Crippen LogP contribution is 2.33. The number of hydrogen-bond acceptors (Lipinski definition) is 4. The van der Waals surface area contributed by atoms with Gasteiger partial charge >= 0.3 is 0 Å². The minimum Gasteiger partial charge on any atom is -0.375 e. The third-order valence-electron chi connectivity index (χ3n) is 3.89. The van der Waals surface area contributed by atoms with E-state index in [0.717, 1.165) is 12.8 Å². The Morgan fingerprint density at radius 2 is 1.68 bits per heavy atom. The number of carbonyl (C=O) groups excluding carboxylic acids is 2. The van der Waals surface area contributed by atoms with E-state index in [1.165, 1.54) is 7.11 Å². The lowest BCUT2D eigenvalue weighted by Crippen LogP contribution is -2.52. The van der Waals surface area contributed by atoms with E-state index in [9.17, 15) is 9.59 Å². The minimum atomic E-state index is -0.00993. The predicted molar refractivity (Wildman–Crippen MR) is 70.4 cm³/mol. The summed E-state index contributed by atoms with van der Waals surface area (Å²) in [6, 6.07) is 0.0145. The lowest BCUT2D eigenvalue weighted by molar-refractivity contribution is -0.142. The number of rotatable bonds is 5. The molecule has 0 aromatic rings. The largest absolute Gasteiger partial charge is 0.375 e. The van der Waals surface area contributed by atoms with E-state index in [2.05, 4.69) is 0 Å². The molecule has 19 heavy (non-hydrogen) atoms. The maximum atomic E-state index is 12.1. The third-order valence-corrected chi connectivity index (χ3v) is 3.89. The second-order valence-corrected chi connectivity index (χ2v) is 5.40. The monoisotopic (exact) mass is 269 g/mol. The van der Waals surface area contributed by atoms with Crippen molar-refractivity contribution >= 4 is 11.8 Å². The normalized spacial score (nSPS) is 21.4. The van der Waals surface area contributed by atoms with Gasteiger partial charge in [-0.05, 0) is 18.8 Å². The van der Waals surface area contributed by atoms with E-state index < -0.39 is 0 Å². The van der Waals surface area contributed by atoms with Gasteiger partial charge in [0, 0.05) is 45.8 Å². The summed E-state index contributed by atoms with van der Waals surface area (Å²) in [6.07, 6.45) is 2.76. The molecule has 2 fully saturated rings. The molecule has 0 aromatic heterocycles. The molecule has 0 bridgehead atoms. The van der Waals surface area contributed by atoms with Crippen LogP contribution in [0.3, 0.4) is 0 Å². The average molecular weight is 269 g/mol. The van der Waals surface area contributed by atoms with Crippen LogP contribution in [-0.2, 0) is 14.3 Å². The highest BCUT2D eigenvalue weighted by molar-refractivity contribution is 5.79. The number of hydrogen-bond donors (Lipinski definition) is 1. The zero-order valence-electron chi connectivity index (χ0n) is 11.5. The minimum absolute atomic E-state index is 0.00993. The van der Waals surface area contributed by atoms with Gasteiger partial charge in [-0.15, -0.1) is 0 Å². The molecule has 2 amide bonds. The molecule has 108 valence electrons. The second-order valence-electron chi connectivity index (χ2n) is 5.40. The number of piperazine rings is 1. The molecule has 2 aliphatic rings. The van der Waals surface area contributed by atoms with Gasteiger partial charge in [-0.3, -0.25) is 9.59 Å². The van der Waals surface area contributed by atoms with Crippen LogP contribution in [0.4, 0.5) is 0 Å². The quantitative estimate of drug-likeness (QED) is 0.725. The molecule has 6 heteroatoms. The lowest BCUT2D eigenvalue weighted by atomic mass is 10.1. The summed E-state index contributed by atoms with van der Waals surface area (Å²) in [5.41, 5.74) is 5.97. The molecule has 2 rings (SSSR count). The van der Waals surface area contributed by atoms with Crippen molar-refractivity contribution in [1.82, 2.24) is 9.80 Å². The van der Waals surface area contributed by atoms with E-state index in [0.29, 0.717) is 38.5 Å². The maximum absolute atomic E-state index is 12.1. The van der Waals surface area contributed by atoms with Gasteiger partial charge < -0.3 is 20.3 Å². The van der Waals surface area contributed by atoms with Crippen LogP contribution in [0, 0.1) is 5.92 Å². The van der Waals surface area contributed by atoms with Gasteiger partial charge in [-0.25, -0.2) is 0 Å². The molecule has 6 nitrogen and oxygen atoms in total. The summed E-state index contributed by atoms with van der Waals surface area (Å²) in [6.45, 7) is 2.50.